The van der Waals surface area contributed by atoms with Gasteiger partial charge < -0.3 is 10.2 Å². The summed E-state index contributed by atoms with van der Waals surface area (Å²) in [5, 5.41) is 2.82. The first-order valence-corrected chi connectivity index (χ1v) is 7.03. The summed E-state index contributed by atoms with van der Waals surface area (Å²) in [6.07, 6.45) is 0. The van der Waals surface area contributed by atoms with Crippen molar-refractivity contribution in [1.29, 1.82) is 0 Å². The lowest BCUT2D eigenvalue weighted by atomic mass is 10.2. The number of likely N-dealkylation sites (N-methyl/N-ethyl adjacent to an activating group) is 2. The summed E-state index contributed by atoms with van der Waals surface area (Å²) in [6.45, 7) is 2.36. The number of hydrogen-bond donors (Lipinski definition) is 1. The van der Waals surface area contributed by atoms with Crippen LogP contribution in [0, 0.1) is 6.92 Å². The van der Waals surface area contributed by atoms with Gasteiger partial charge in [0.15, 0.2) is 0 Å². The molecular formula is C14H20BrN3O2. The number of nitrogens with zero attached hydrogens (tertiary/aromatic N) is 2. The molecule has 1 N–H and O–H groups in total. The van der Waals surface area contributed by atoms with E-state index < -0.39 is 0 Å². The van der Waals surface area contributed by atoms with Gasteiger partial charge in [0.2, 0.25) is 11.8 Å². The summed E-state index contributed by atoms with van der Waals surface area (Å²) in [5.41, 5.74) is 1.81. The van der Waals surface area contributed by atoms with Gasteiger partial charge in [0.1, 0.15) is 0 Å². The van der Waals surface area contributed by atoms with Crippen LogP contribution in [0.15, 0.2) is 22.7 Å². The van der Waals surface area contributed by atoms with Gasteiger partial charge in [0.05, 0.1) is 13.1 Å². The first kappa shape index (κ1) is 16.7. The molecule has 0 aliphatic carbocycles. The SMILES string of the molecule is Cc1cc(NC(=O)CN(C)CC(=O)N(C)C)ccc1Br. The molecule has 110 valence electrons. The largest absolute Gasteiger partial charge is 0.348 e. The molecule has 1 rings (SSSR count). The molecule has 20 heavy (non-hydrogen) atoms. The van der Waals surface area contributed by atoms with Gasteiger partial charge in [-0.3, -0.25) is 14.5 Å². The lowest BCUT2D eigenvalue weighted by Gasteiger charge is -2.18. The number of hydrogen-bond acceptors (Lipinski definition) is 3. The molecule has 2 amide bonds. The predicted octanol–water partition coefficient (Wildman–Crippen LogP) is 1.72. The summed E-state index contributed by atoms with van der Waals surface area (Å²) in [7, 11) is 5.13. The smallest absolute Gasteiger partial charge is 0.238 e. The fourth-order valence-electron chi connectivity index (χ4n) is 1.60. The third kappa shape index (κ3) is 5.30. The van der Waals surface area contributed by atoms with Crippen molar-refractivity contribution in [3.05, 3.63) is 28.2 Å². The molecule has 0 aliphatic heterocycles. The van der Waals surface area contributed by atoms with Gasteiger partial charge in [-0.15, -0.1) is 0 Å². The zero-order valence-corrected chi connectivity index (χ0v) is 13.8. The van der Waals surface area contributed by atoms with Crippen molar-refractivity contribution in [2.45, 2.75) is 6.92 Å². The first-order chi connectivity index (χ1) is 9.29. The molecule has 0 bridgehead atoms. The number of benzene rings is 1. The number of halogens is 1. The number of rotatable bonds is 5. The summed E-state index contributed by atoms with van der Waals surface area (Å²) < 4.78 is 1.00. The minimum atomic E-state index is -0.138. The molecule has 0 heterocycles. The van der Waals surface area contributed by atoms with Crippen molar-refractivity contribution >= 4 is 33.4 Å². The normalized spacial score (nSPS) is 10.5. The highest BCUT2D eigenvalue weighted by atomic mass is 79.9. The Kier molecular flexibility index (Phi) is 6.16. The summed E-state index contributed by atoms with van der Waals surface area (Å²) in [6, 6.07) is 5.62. The second kappa shape index (κ2) is 7.40. The topological polar surface area (TPSA) is 52.7 Å². The van der Waals surface area contributed by atoms with Crippen molar-refractivity contribution < 1.29 is 9.59 Å². The van der Waals surface area contributed by atoms with Crippen molar-refractivity contribution in [1.82, 2.24) is 9.80 Å². The zero-order chi connectivity index (χ0) is 15.3. The van der Waals surface area contributed by atoms with Crippen LogP contribution in [0.5, 0.6) is 0 Å². The van der Waals surface area contributed by atoms with Crippen LogP contribution in [-0.2, 0) is 9.59 Å². The maximum absolute atomic E-state index is 11.9. The van der Waals surface area contributed by atoms with E-state index in [0.717, 1.165) is 15.7 Å². The Morgan fingerprint density at radius 3 is 2.40 bits per heavy atom. The van der Waals surface area contributed by atoms with Crippen molar-refractivity contribution in [2.75, 3.05) is 39.5 Å². The number of carbonyl (C=O) groups is 2. The van der Waals surface area contributed by atoms with E-state index >= 15 is 0 Å². The lowest BCUT2D eigenvalue weighted by Crippen LogP contribution is -2.38. The van der Waals surface area contributed by atoms with E-state index in [9.17, 15) is 9.59 Å². The van der Waals surface area contributed by atoms with Gasteiger partial charge >= 0.3 is 0 Å². The van der Waals surface area contributed by atoms with Crippen LogP contribution < -0.4 is 5.32 Å². The summed E-state index contributed by atoms with van der Waals surface area (Å²) in [4.78, 5) is 26.6. The van der Waals surface area contributed by atoms with E-state index in [2.05, 4.69) is 21.2 Å². The quantitative estimate of drug-likeness (QED) is 0.887. The monoisotopic (exact) mass is 341 g/mol. The standard InChI is InChI=1S/C14H20BrN3O2/c1-10-7-11(5-6-12(10)15)16-13(19)8-18(4)9-14(20)17(2)3/h5-7H,8-9H2,1-4H3,(H,16,19). The fourth-order valence-corrected chi connectivity index (χ4v) is 1.84. The highest BCUT2D eigenvalue weighted by Crippen LogP contribution is 2.19. The molecule has 6 heteroatoms. The van der Waals surface area contributed by atoms with Gasteiger partial charge in [-0.25, -0.2) is 0 Å². The molecule has 0 spiro atoms. The van der Waals surface area contributed by atoms with Gasteiger partial charge in [0, 0.05) is 24.3 Å². The molecule has 0 saturated heterocycles. The van der Waals surface area contributed by atoms with E-state index in [1.807, 2.05) is 25.1 Å². The third-order valence-electron chi connectivity index (χ3n) is 2.76. The molecule has 0 fully saturated rings. The van der Waals surface area contributed by atoms with E-state index in [1.54, 1.807) is 26.0 Å². The van der Waals surface area contributed by atoms with Crippen LogP contribution in [0.3, 0.4) is 0 Å². The zero-order valence-electron chi connectivity index (χ0n) is 12.2. The van der Waals surface area contributed by atoms with E-state index in [1.165, 1.54) is 4.90 Å². The van der Waals surface area contributed by atoms with Crippen molar-refractivity contribution in [3.8, 4) is 0 Å². The highest BCUT2D eigenvalue weighted by Gasteiger charge is 2.12. The molecule has 1 aromatic rings. The van der Waals surface area contributed by atoms with E-state index in [-0.39, 0.29) is 24.9 Å². The van der Waals surface area contributed by atoms with Crippen LogP contribution in [-0.4, -0.2) is 55.8 Å². The molecule has 0 radical (unpaired) electrons. The summed E-state index contributed by atoms with van der Waals surface area (Å²) in [5.74, 6) is -0.166. The van der Waals surface area contributed by atoms with Crippen LogP contribution in [0.25, 0.3) is 0 Å². The molecular weight excluding hydrogens is 322 g/mol. The Morgan fingerprint density at radius 1 is 1.20 bits per heavy atom. The molecule has 0 atom stereocenters. The van der Waals surface area contributed by atoms with Crippen LogP contribution in [0.2, 0.25) is 0 Å². The molecule has 0 aliphatic rings. The Balaban J connectivity index is 2.50. The van der Waals surface area contributed by atoms with Crippen LogP contribution >= 0.6 is 15.9 Å². The Morgan fingerprint density at radius 2 is 1.85 bits per heavy atom. The van der Waals surface area contributed by atoms with Gasteiger partial charge in [-0.05, 0) is 37.7 Å². The number of carbonyl (C=O) groups excluding carboxylic acids is 2. The van der Waals surface area contributed by atoms with Gasteiger partial charge in [-0.1, -0.05) is 15.9 Å². The Labute approximate surface area is 128 Å². The van der Waals surface area contributed by atoms with Crippen molar-refractivity contribution in [3.63, 3.8) is 0 Å². The third-order valence-corrected chi connectivity index (χ3v) is 3.65. The maximum atomic E-state index is 11.9. The average molecular weight is 342 g/mol. The minimum Gasteiger partial charge on any atom is -0.348 e. The number of nitrogens with one attached hydrogen (secondary N) is 1. The number of anilines is 1. The van der Waals surface area contributed by atoms with Crippen molar-refractivity contribution in [2.24, 2.45) is 0 Å². The van der Waals surface area contributed by atoms with Crippen LogP contribution in [0.1, 0.15) is 5.56 Å². The molecule has 1 aromatic carbocycles. The second-order valence-electron chi connectivity index (χ2n) is 4.97. The Bertz CT molecular complexity index is 503. The number of aryl methyl sites for hydroxylation is 1. The minimum absolute atomic E-state index is 0.0280. The van der Waals surface area contributed by atoms with Gasteiger partial charge in [-0.2, -0.15) is 0 Å². The Hall–Kier alpha value is -1.40. The second-order valence-corrected chi connectivity index (χ2v) is 5.83. The first-order valence-electron chi connectivity index (χ1n) is 6.24. The highest BCUT2D eigenvalue weighted by molar-refractivity contribution is 9.10. The molecule has 0 saturated carbocycles. The molecule has 5 nitrogen and oxygen atoms in total. The maximum Gasteiger partial charge on any atom is 0.238 e. The molecule has 0 aromatic heterocycles. The lowest BCUT2D eigenvalue weighted by molar-refractivity contribution is -0.130. The predicted molar refractivity (Wildman–Crippen MR) is 83.7 cm³/mol. The van der Waals surface area contributed by atoms with E-state index in [0.29, 0.717) is 0 Å². The van der Waals surface area contributed by atoms with Gasteiger partial charge in [0.25, 0.3) is 0 Å². The average Bonchev–Trinajstić information content (AvgIpc) is 2.33. The molecule has 0 unspecified atom stereocenters. The van der Waals surface area contributed by atoms with Crippen LogP contribution in [0.4, 0.5) is 5.69 Å². The summed E-state index contributed by atoms with van der Waals surface area (Å²) >= 11 is 3.41. The number of amides is 2. The fraction of sp³-hybridized carbons (Fsp3) is 0.429. The van der Waals surface area contributed by atoms with E-state index in [4.69, 9.17) is 0 Å².